The lowest BCUT2D eigenvalue weighted by Gasteiger charge is -2.50. The van der Waals surface area contributed by atoms with Gasteiger partial charge in [-0.25, -0.2) is 0 Å². The van der Waals surface area contributed by atoms with Crippen molar-refractivity contribution in [3.8, 4) is 0 Å². The Morgan fingerprint density at radius 3 is 1.75 bits per heavy atom. The van der Waals surface area contributed by atoms with Crippen molar-refractivity contribution in [1.29, 1.82) is 0 Å². The van der Waals surface area contributed by atoms with E-state index in [1.54, 1.807) is 7.11 Å². The van der Waals surface area contributed by atoms with Crippen LogP contribution in [0.3, 0.4) is 0 Å². The molecule has 1 heterocycles. The van der Waals surface area contributed by atoms with Crippen LogP contribution in [0.5, 0.6) is 0 Å². The summed E-state index contributed by atoms with van der Waals surface area (Å²) in [6, 6.07) is 0. The van der Waals surface area contributed by atoms with Crippen LogP contribution in [0, 0.1) is 0 Å². The third kappa shape index (κ3) is 3.48. The summed E-state index contributed by atoms with van der Waals surface area (Å²) in [5, 5.41) is 4.10. The van der Waals surface area contributed by atoms with E-state index >= 15 is 0 Å². The van der Waals surface area contributed by atoms with Crippen LogP contribution >= 0.6 is 0 Å². The summed E-state index contributed by atoms with van der Waals surface area (Å²) in [6.07, 6.45) is 1.97. The van der Waals surface area contributed by atoms with Crippen LogP contribution in [0.1, 0.15) is 54.4 Å². The Labute approximate surface area is 101 Å². The molecule has 1 rings (SSSR count). The molecule has 0 bridgehead atoms. The molecule has 96 valence electrons. The first-order valence-corrected chi connectivity index (χ1v) is 6.12. The summed E-state index contributed by atoms with van der Waals surface area (Å²) in [5.41, 5.74) is 1.50. The predicted molar refractivity (Wildman–Crippen MR) is 70.9 cm³/mol. The molecule has 1 saturated heterocycles. The minimum Gasteiger partial charge on any atom is -0.399 e. The molecule has 1 aliphatic rings. The maximum Gasteiger partial charge on any atom is 0.106 e. The van der Waals surface area contributed by atoms with Crippen LogP contribution in [-0.4, -0.2) is 35.8 Å². The fourth-order valence-electron chi connectivity index (χ4n) is 2.31. The van der Waals surface area contributed by atoms with Crippen LogP contribution in [0.2, 0.25) is 0 Å². The van der Waals surface area contributed by atoms with Crippen molar-refractivity contribution in [1.82, 2.24) is 4.90 Å². The van der Waals surface area contributed by atoms with E-state index in [-0.39, 0.29) is 11.1 Å². The Hall–Kier alpha value is -0.570. The average Bonchev–Trinajstić information content (AvgIpc) is 2.17. The zero-order chi connectivity index (χ0) is 13.0. The van der Waals surface area contributed by atoms with Crippen molar-refractivity contribution in [3.63, 3.8) is 0 Å². The molecule has 0 aromatic rings. The molecule has 3 heteroatoms. The second-order valence-corrected chi connectivity index (χ2v) is 5.38. The minimum atomic E-state index is 0.166. The highest BCUT2D eigenvalue weighted by Gasteiger charge is 2.41. The summed E-state index contributed by atoms with van der Waals surface area (Å²) in [4.78, 5) is 7.30. The lowest BCUT2D eigenvalue weighted by atomic mass is 9.79. The molecule has 0 aromatic heterocycles. The van der Waals surface area contributed by atoms with E-state index in [1.807, 2.05) is 13.8 Å². The van der Waals surface area contributed by atoms with Crippen LogP contribution < -0.4 is 0 Å². The molecule has 0 atom stereocenters. The van der Waals surface area contributed by atoms with Crippen LogP contribution in [0.4, 0.5) is 0 Å². The van der Waals surface area contributed by atoms with Gasteiger partial charge in [-0.2, -0.15) is 0 Å². The Bertz CT molecular complexity index is 224. The van der Waals surface area contributed by atoms with E-state index < -0.39 is 0 Å². The average molecular weight is 228 g/mol. The van der Waals surface area contributed by atoms with Gasteiger partial charge in [0.25, 0.3) is 0 Å². The van der Waals surface area contributed by atoms with Gasteiger partial charge in [-0.05, 0) is 34.7 Å². The molecule has 1 fully saturated rings. The van der Waals surface area contributed by atoms with Gasteiger partial charge >= 0.3 is 0 Å². The highest BCUT2D eigenvalue weighted by Crippen LogP contribution is 2.35. The molecule has 3 nitrogen and oxygen atoms in total. The summed E-state index contributed by atoms with van der Waals surface area (Å²) >= 11 is 0. The molecule has 0 radical (unpaired) electrons. The minimum absolute atomic E-state index is 0.166. The van der Waals surface area contributed by atoms with E-state index in [0.29, 0.717) is 0 Å². The fraction of sp³-hybridized carbons (Fsp3) is 0.923. The number of oxime groups is 1. The lowest BCUT2D eigenvalue weighted by Crippen LogP contribution is -2.58. The number of piperidine rings is 1. The van der Waals surface area contributed by atoms with E-state index in [1.165, 1.54) is 5.71 Å². The summed E-state index contributed by atoms with van der Waals surface area (Å²) in [6.45, 7) is 13.0. The van der Waals surface area contributed by atoms with Crippen LogP contribution in [0.25, 0.3) is 0 Å². The molecule has 0 saturated carbocycles. The topological polar surface area (TPSA) is 24.8 Å². The Morgan fingerprint density at radius 2 is 1.44 bits per heavy atom. The maximum absolute atomic E-state index is 4.87. The van der Waals surface area contributed by atoms with Gasteiger partial charge in [-0.3, -0.25) is 4.90 Å². The number of hydrogen-bond donors (Lipinski definition) is 0. The summed E-state index contributed by atoms with van der Waals surface area (Å²) < 4.78 is 0. The van der Waals surface area contributed by atoms with Gasteiger partial charge in [-0.1, -0.05) is 19.0 Å². The SMILES string of the molecule is CC.CON=C1CC(C)(C)N(C)C(C)(C)C1. The molecule has 0 spiro atoms. The second kappa shape index (κ2) is 5.67. The number of hydrogen-bond acceptors (Lipinski definition) is 3. The zero-order valence-corrected chi connectivity index (χ0v) is 12.2. The molecule has 0 amide bonds. The maximum atomic E-state index is 4.87. The molecule has 0 N–H and O–H groups in total. The largest absolute Gasteiger partial charge is 0.399 e. The van der Waals surface area contributed by atoms with Gasteiger partial charge in [-0.15, -0.1) is 0 Å². The highest BCUT2D eigenvalue weighted by molar-refractivity contribution is 5.87. The highest BCUT2D eigenvalue weighted by atomic mass is 16.6. The first-order chi connectivity index (χ1) is 7.29. The lowest BCUT2D eigenvalue weighted by molar-refractivity contribution is 0.0356. The first kappa shape index (κ1) is 15.4. The van der Waals surface area contributed by atoms with Crippen LogP contribution in [-0.2, 0) is 4.84 Å². The Balaban J connectivity index is 0.00000106. The third-order valence-electron chi connectivity index (χ3n) is 3.31. The normalized spacial score (nSPS) is 23.1. The molecule has 0 aromatic carbocycles. The summed E-state index contributed by atoms with van der Waals surface area (Å²) in [5.74, 6) is 0. The van der Waals surface area contributed by atoms with Gasteiger partial charge in [0.05, 0.1) is 5.71 Å². The van der Waals surface area contributed by atoms with E-state index in [9.17, 15) is 0 Å². The van der Waals surface area contributed by atoms with E-state index in [2.05, 4.69) is 44.8 Å². The molecule has 0 unspecified atom stereocenters. The van der Waals surface area contributed by atoms with E-state index in [0.717, 1.165) is 12.8 Å². The van der Waals surface area contributed by atoms with Crippen molar-refractivity contribution < 1.29 is 4.84 Å². The molecular formula is C13H28N2O. The van der Waals surface area contributed by atoms with Crippen molar-refractivity contribution in [2.24, 2.45) is 5.16 Å². The molecular weight excluding hydrogens is 200 g/mol. The van der Waals surface area contributed by atoms with Gasteiger partial charge < -0.3 is 4.84 Å². The van der Waals surface area contributed by atoms with Crippen molar-refractivity contribution in [2.75, 3.05) is 14.2 Å². The van der Waals surface area contributed by atoms with Crippen molar-refractivity contribution in [2.45, 2.75) is 65.5 Å². The van der Waals surface area contributed by atoms with Gasteiger partial charge in [0.2, 0.25) is 0 Å². The second-order valence-electron chi connectivity index (χ2n) is 5.38. The van der Waals surface area contributed by atoms with Gasteiger partial charge in [0.15, 0.2) is 0 Å². The van der Waals surface area contributed by atoms with Gasteiger partial charge in [0.1, 0.15) is 7.11 Å². The smallest absolute Gasteiger partial charge is 0.106 e. The molecule has 0 aliphatic carbocycles. The first-order valence-electron chi connectivity index (χ1n) is 6.12. The third-order valence-corrected chi connectivity index (χ3v) is 3.31. The number of likely N-dealkylation sites (tertiary alicyclic amines) is 1. The zero-order valence-electron chi connectivity index (χ0n) is 12.2. The molecule has 1 aliphatic heterocycles. The fourth-order valence-corrected chi connectivity index (χ4v) is 2.31. The number of rotatable bonds is 1. The standard InChI is InChI=1S/C11H22N2O.C2H6/c1-10(2)7-9(12-14-6)8-11(3,4)13(10)5;1-2/h7-8H2,1-6H3;1-2H3. The molecule has 16 heavy (non-hydrogen) atoms. The predicted octanol–water partition coefficient (Wildman–Crippen LogP) is 3.30. The Kier molecular flexibility index (Phi) is 5.47. The van der Waals surface area contributed by atoms with Gasteiger partial charge in [0, 0.05) is 23.9 Å². The summed E-state index contributed by atoms with van der Waals surface area (Å²) in [7, 11) is 3.80. The van der Waals surface area contributed by atoms with E-state index in [4.69, 9.17) is 4.84 Å². The quantitative estimate of drug-likeness (QED) is 0.643. The van der Waals surface area contributed by atoms with Crippen molar-refractivity contribution >= 4 is 5.71 Å². The Morgan fingerprint density at radius 1 is 1.06 bits per heavy atom. The van der Waals surface area contributed by atoms with Crippen LogP contribution in [0.15, 0.2) is 5.16 Å². The number of nitrogens with zero attached hydrogens (tertiary/aromatic N) is 2. The van der Waals surface area contributed by atoms with Crippen molar-refractivity contribution in [3.05, 3.63) is 0 Å². The monoisotopic (exact) mass is 228 g/mol.